The van der Waals surface area contributed by atoms with Gasteiger partial charge in [0.25, 0.3) is 0 Å². The topological polar surface area (TPSA) is 0 Å². The van der Waals surface area contributed by atoms with Crippen molar-refractivity contribution < 1.29 is 0 Å². The molecule has 1 rings (SSSR count). The van der Waals surface area contributed by atoms with Crippen LogP contribution in [0.15, 0.2) is 18.5 Å². The molecular formula is C4H2Br2S2. The van der Waals surface area contributed by atoms with Crippen molar-refractivity contribution in [2.24, 2.45) is 0 Å². The average molecular weight is 274 g/mol. The van der Waals surface area contributed by atoms with Crippen molar-refractivity contribution in [3.8, 4) is 0 Å². The Morgan fingerprint density at radius 1 is 1.50 bits per heavy atom. The van der Waals surface area contributed by atoms with E-state index in [1.54, 1.807) is 11.3 Å². The lowest BCUT2D eigenvalue weighted by atomic mass is 10.7. The summed E-state index contributed by atoms with van der Waals surface area (Å²) in [4.78, 5) is 0.988. The lowest BCUT2D eigenvalue weighted by Crippen LogP contribution is -1.46. The molecule has 0 aliphatic carbocycles. The fourth-order valence-corrected chi connectivity index (χ4v) is 3.38. The maximum atomic E-state index is 4.15. The lowest BCUT2D eigenvalue weighted by molar-refractivity contribution is 1.56. The summed E-state index contributed by atoms with van der Waals surface area (Å²) in [6.07, 6.45) is 0. The van der Waals surface area contributed by atoms with Gasteiger partial charge in [-0.2, -0.15) is 0 Å². The van der Waals surface area contributed by atoms with Crippen LogP contribution in [-0.2, 0) is 0 Å². The van der Waals surface area contributed by atoms with Crippen LogP contribution < -0.4 is 0 Å². The number of rotatable bonds is 0. The Kier molecular flexibility index (Phi) is 2.43. The largest absolute Gasteiger partial charge is 0.141 e. The average Bonchev–Trinajstić information content (AvgIpc) is 1.85. The molecule has 0 aliphatic rings. The van der Waals surface area contributed by atoms with E-state index >= 15 is 0 Å². The van der Waals surface area contributed by atoms with Crippen LogP contribution in [0.25, 0.3) is 0 Å². The van der Waals surface area contributed by atoms with E-state index in [1.807, 2.05) is 6.07 Å². The first-order valence-corrected chi connectivity index (χ1v) is 4.69. The molecule has 0 N–H and O–H groups in total. The van der Waals surface area contributed by atoms with Gasteiger partial charge in [-0.1, -0.05) is 0 Å². The van der Waals surface area contributed by atoms with Crippen LogP contribution in [0.3, 0.4) is 0 Å². The van der Waals surface area contributed by atoms with Gasteiger partial charge in [0.1, 0.15) is 0 Å². The first kappa shape index (κ1) is 7.12. The minimum atomic E-state index is 0.988. The Morgan fingerprint density at radius 2 is 2.12 bits per heavy atom. The molecule has 0 bridgehead atoms. The molecule has 0 fully saturated rings. The first-order valence-electron chi connectivity index (χ1n) is 1.84. The quantitative estimate of drug-likeness (QED) is 0.687. The lowest BCUT2D eigenvalue weighted by Gasteiger charge is -1.76. The Morgan fingerprint density at radius 3 is 2.25 bits per heavy atom. The molecule has 0 aromatic carbocycles. The standard InChI is InChI=1S/C4H2Br2S2/c5-3-1-2(7)4(6)8-3/h1,7H. The molecule has 1 aromatic rings. The van der Waals surface area contributed by atoms with Gasteiger partial charge < -0.3 is 0 Å². The van der Waals surface area contributed by atoms with E-state index in [1.165, 1.54) is 0 Å². The summed E-state index contributed by atoms with van der Waals surface area (Å²) in [6, 6.07) is 1.96. The van der Waals surface area contributed by atoms with E-state index in [9.17, 15) is 0 Å². The van der Waals surface area contributed by atoms with Gasteiger partial charge in [-0.25, -0.2) is 0 Å². The van der Waals surface area contributed by atoms with Crippen molar-refractivity contribution in [1.82, 2.24) is 0 Å². The molecule has 44 valence electrons. The third kappa shape index (κ3) is 1.50. The van der Waals surface area contributed by atoms with Crippen molar-refractivity contribution >= 4 is 55.8 Å². The van der Waals surface area contributed by atoms with Crippen molar-refractivity contribution in [2.45, 2.75) is 4.90 Å². The summed E-state index contributed by atoms with van der Waals surface area (Å²) in [6.45, 7) is 0. The highest BCUT2D eigenvalue weighted by Gasteiger charge is 1.98. The van der Waals surface area contributed by atoms with E-state index in [2.05, 4.69) is 44.5 Å². The van der Waals surface area contributed by atoms with Gasteiger partial charge in [-0.05, 0) is 37.9 Å². The SMILES string of the molecule is Sc1cc(Br)sc1Br. The van der Waals surface area contributed by atoms with Crippen LogP contribution in [0.4, 0.5) is 0 Å². The highest BCUT2D eigenvalue weighted by Crippen LogP contribution is 2.33. The van der Waals surface area contributed by atoms with Gasteiger partial charge in [0.05, 0.1) is 7.57 Å². The van der Waals surface area contributed by atoms with E-state index < -0.39 is 0 Å². The number of thiophene rings is 1. The minimum Gasteiger partial charge on any atom is -0.141 e. The second-order valence-corrected chi connectivity index (χ2v) is 5.44. The number of thiol groups is 1. The normalized spacial score (nSPS) is 9.88. The Bertz CT molecular complexity index is 174. The summed E-state index contributed by atoms with van der Waals surface area (Å²) in [5.41, 5.74) is 0. The van der Waals surface area contributed by atoms with Gasteiger partial charge >= 0.3 is 0 Å². The zero-order valence-electron chi connectivity index (χ0n) is 3.69. The molecule has 0 nitrogen and oxygen atoms in total. The van der Waals surface area contributed by atoms with E-state index in [0.717, 1.165) is 12.5 Å². The molecule has 0 radical (unpaired) electrons. The molecular weight excluding hydrogens is 272 g/mol. The molecule has 1 aromatic heterocycles. The van der Waals surface area contributed by atoms with Gasteiger partial charge in [-0.15, -0.1) is 24.0 Å². The highest BCUT2D eigenvalue weighted by molar-refractivity contribution is 9.12. The van der Waals surface area contributed by atoms with E-state index in [-0.39, 0.29) is 0 Å². The van der Waals surface area contributed by atoms with Crippen LogP contribution in [0.2, 0.25) is 0 Å². The summed E-state index contributed by atoms with van der Waals surface area (Å²) < 4.78 is 2.18. The molecule has 0 saturated carbocycles. The predicted molar refractivity (Wildman–Crippen MR) is 47.0 cm³/mol. The molecule has 0 saturated heterocycles. The fourth-order valence-electron chi connectivity index (χ4n) is 0.332. The summed E-state index contributed by atoms with van der Waals surface area (Å²) in [5, 5.41) is 0. The highest BCUT2D eigenvalue weighted by atomic mass is 79.9. The van der Waals surface area contributed by atoms with Crippen molar-refractivity contribution in [3.63, 3.8) is 0 Å². The third-order valence-electron chi connectivity index (χ3n) is 0.639. The zero-order chi connectivity index (χ0) is 6.15. The molecule has 0 aliphatic heterocycles. The molecule has 0 atom stereocenters. The molecule has 0 amide bonds. The summed E-state index contributed by atoms with van der Waals surface area (Å²) in [5.74, 6) is 0. The van der Waals surface area contributed by atoms with Gasteiger partial charge in [0.2, 0.25) is 0 Å². The van der Waals surface area contributed by atoms with Gasteiger partial charge in [0, 0.05) is 4.90 Å². The van der Waals surface area contributed by atoms with Crippen LogP contribution in [0, 0.1) is 0 Å². The first-order chi connectivity index (χ1) is 3.70. The fraction of sp³-hybridized carbons (Fsp3) is 0. The van der Waals surface area contributed by atoms with Crippen molar-refractivity contribution in [2.75, 3.05) is 0 Å². The van der Waals surface area contributed by atoms with Crippen LogP contribution >= 0.6 is 55.8 Å². The smallest absolute Gasteiger partial charge is 0.0843 e. The zero-order valence-corrected chi connectivity index (χ0v) is 8.57. The predicted octanol–water partition coefficient (Wildman–Crippen LogP) is 3.56. The monoisotopic (exact) mass is 272 g/mol. The van der Waals surface area contributed by atoms with Crippen LogP contribution in [0.1, 0.15) is 0 Å². The minimum absolute atomic E-state index is 0.988. The second-order valence-electron chi connectivity index (χ2n) is 1.21. The molecule has 1 heterocycles. The van der Waals surface area contributed by atoms with Gasteiger partial charge in [0.15, 0.2) is 0 Å². The molecule has 8 heavy (non-hydrogen) atoms. The second kappa shape index (κ2) is 2.73. The number of halogens is 2. The number of hydrogen-bond acceptors (Lipinski definition) is 2. The van der Waals surface area contributed by atoms with Gasteiger partial charge in [-0.3, -0.25) is 0 Å². The van der Waals surface area contributed by atoms with Crippen molar-refractivity contribution in [1.29, 1.82) is 0 Å². The summed E-state index contributed by atoms with van der Waals surface area (Å²) in [7, 11) is 0. The molecule has 0 unspecified atom stereocenters. The van der Waals surface area contributed by atoms with Crippen LogP contribution in [-0.4, -0.2) is 0 Å². The molecule has 0 spiro atoms. The maximum absolute atomic E-state index is 4.15. The molecule has 4 heteroatoms. The maximum Gasteiger partial charge on any atom is 0.0843 e. The summed E-state index contributed by atoms with van der Waals surface area (Å²) >= 11 is 12.4. The van der Waals surface area contributed by atoms with Crippen LogP contribution in [0.5, 0.6) is 0 Å². The Balaban J connectivity index is 3.14. The number of hydrogen-bond donors (Lipinski definition) is 1. The Labute approximate surface area is 74.0 Å². The van der Waals surface area contributed by atoms with E-state index in [4.69, 9.17) is 0 Å². The Hall–Kier alpha value is 1.01. The van der Waals surface area contributed by atoms with Crippen molar-refractivity contribution in [3.05, 3.63) is 13.6 Å². The van der Waals surface area contributed by atoms with E-state index in [0.29, 0.717) is 0 Å². The third-order valence-corrected chi connectivity index (χ3v) is 3.79.